The minimum atomic E-state index is -1.62. The molecule has 0 heterocycles. The van der Waals surface area contributed by atoms with E-state index in [1.54, 1.807) is 12.1 Å². The molecular weight excluding hydrogens is 949 g/mol. The highest BCUT2D eigenvalue weighted by atomic mass is 35.5. The summed E-state index contributed by atoms with van der Waals surface area (Å²) >= 11 is 43.1. The first kappa shape index (κ1) is 47.6. The van der Waals surface area contributed by atoms with Crippen molar-refractivity contribution in [1.29, 1.82) is 0 Å². The number of halogens is 7. The molecule has 0 fully saturated rings. The van der Waals surface area contributed by atoms with Crippen molar-refractivity contribution in [3.05, 3.63) is 138 Å². The lowest BCUT2D eigenvalue weighted by Gasteiger charge is -2.15. The number of anilines is 4. The molecule has 0 aliphatic carbocycles. The van der Waals surface area contributed by atoms with Gasteiger partial charge in [0.25, 0.3) is 23.6 Å². The first-order valence-corrected chi connectivity index (χ1v) is 20.5. The summed E-state index contributed by atoms with van der Waals surface area (Å²) in [4.78, 5) is 77.7. The minimum absolute atomic E-state index is 0.000271. The predicted octanol–water partition coefficient (Wildman–Crippen LogP) is 12.2. The summed E-state index contributed by atoms with van der Waals surface area (Å²) in [6, 6.07) is 18.3. The second kappa shape index (κ2) is 21.6. The molecule has 0 spiro atoms. The van der Waals surface area contributed by atoms with Gasteiger partial charge in [0.2, 0.25) is 12.1 Å². The molecule has 0 bridgehead atoms. The van der Waals surface area contributed by atoms with E-state index in [0.717, 1.165) is 13.8 Å². The van der Waals surface area contributed by atoms with Crippen molar-refractivity contribution in [2.45, 2.75) is 31.8 Å². The van der Waals surface area contributed by atoms with E-state index in [1.807, 2.05) is 0 Å². The van der Waals surface area contributed by atoms with Crippen molar-refractivity contribution < 1.29 is 28.8 Å². The van der Waals surface area contributed by atoms with E-state index >= 15 is 0 Å². The van der Waals surface area contributed by atoms with Crippen LogP contribution in [0.15, 0.2) is 111 Å². The molecule has 14 nitrogen and oxygen atoms in total. The van der Waals surface area contributed by atoms with Gasteiger partial charge in [-0.3, -0.25) is 28.8 Å². The molecule has 5 aromatic carbocycles. The average molecular weight is 978 g/mol. The van der Waals surface area contributed by atoms with Crippen molar-refractivity contribution in [3.8, 4) is 0 Å². The Bertz CT molecular complexity index is 2680. The van der Waals surface area contributed by atoms with Crippen LogP contribution in [0.3, 0.4) is 0 Å². The number of nitrogens with one attached hydrogen (secondary N) is 4. The second-order valence-electron chi connectivity index (χ2n) is 12.9. The van der Waals surface area contributed by atoms with Gasteiger partial charge in [0.05, 0.1) is 54.0 Å². The number of hydrogen-bond acceptors (Lipinski definition) is 10. The summed E-state index contributed by atoms with van der Waals surface area (Å²) in [6.07, 6.45) is 0. The van der Waals surface area contributed by atoms with Crippen LogP contribution in [0.2, 0.25) is 30.1 Å². The Hall–Kier alpha value is -5.45. The van der Waals surface area contributed by atoms with Gasteiger partial charge in [-0.15, -0.1) is 11.6 Å². The molecule has 4 N–H and O–H groups in total. The molecule has 0 saturated carbocycles. The molecule has 0 aliphatic heterocycles. The number of benzene rings is 5. The maximum Gasteiger partial charge on any atom is 0.258 e. The van der Waals surface area contributed by atoms with Gasteiger partial charge in [0.15, 0.2) is 11.6 Å². The summed E-state index contributed by atoms with van der Waals surface area (Å²) in [7, 11) is 0. The number of Topliss-reactive ketones (excluding diaryl/α,β-unsaturated/α-hetero) is 2. The third-order valence-corrected chi connectivity index (χ3v) is 10.4. The van der Waals surface area contributed by atoms with Crippen LogP contribution < -0.4 is 21.3 Å². The number of alkyl halides is 1. The molecule has 4 amide bonds. The van der Waals surface area contributed by atoms with E-state index in [2.05, 4.69) is 41.7 Å². The Morgan fingerprint density at radius 2 is 0.935 bits per heavy atom. The lowest BCUT2D eigenvalue weighted by molar-refractivity contribution is -0.127. The summed E-state index contributed by atoms with van der Waals surface area (Å²) in [5.74, 6) is -4.45. The number of rotatable bonds is 15. The molecule has 5 rings (SSSR count). The lowest BCUT2D eigenvalue weighted by Crippen LogP contribution is -2.32. The fourth-order valence-electron chi connectivity index (χ4n) is 5.27. The molecule has 5 aromatic rings. The largest absolute Gasteiger partial charge is 0.324 e. The van der Waals surface area contributed by atoms with Crippen LogP contribution in [0.4, 0.5) is 34.1 Å². The van der Waals surface area contributed by atoms with E-state index in [9.17, 15) is 28.8 Å². The molecular formula is C41H29Cl7N8O6. The summed E-state index contributed by atoms with van der Waals surface area (Å²) < 4.78 is 0. The Balaban J connectivity index is 1.26. The summed E-state index contributed by atoms with van der Waals surface area (Å²) in [5, 5.41) is 27.6. The van der Waals surface area contributed by atoms with Crippen LogP contribution >= 0.6 is 81.2 Å². The van der Waals surface area contributed by atoms with E-state index < -0.39 is 47.3 Å². The van der Waals surface area contributed by atoms with Gasteiger partial charge in [-0.05, 0) is 110 Å². The van der Waals surface area contributed by atoms with E-state index in [0.29, 0.717) is 15.6 Å². The third-order valence-electron chi connectivity index (χ3n) is 8.36. The third kappa shape index (κ3) is 12.6. The smallest absolute Gasteiger partial charge is 0.258 e. The number of hydrogen-bond donors (Lipinski definition) is 4. The van der Waals surface area contributed by atoms with Crippen LogP contribution in [-0.2, 0) is 25.1 Å². The maximum absolute atomic E-state index is 13.3. The zero-order valence-electron chi connectivity index (χ0n) is 31.9. The number of ketones is 2. The first-order chi connectivity index (χ1) is 29.4. The molecule has 2 atom stereocenters. The number of azo groups is 2. The Kier molecular flexibility index (Phi) is 16.6. The molecule has 62 heavy (non-hydrogen) atoms. The highest BCUT2D eigenvalue weighted by Crippen LogP contribution is 2.31. The van der Waals surface area contributed by atoms with Crippen LogP contribution in [0.5, 0.6) is 0 Å². The highest BCUT2D eigenvalue weighted by molar-refractivity contribution is 6.38. The Labute approximate surface area is 388 Å². The molecule has 0 aliphatic rings. The van der Waals surface area contributed by atoms with Gasteiger partial charge >= 0.3 is 0 Å². The predicted molar refractivity (Wildman–Crippen MR) is 243 cm³/mol. The van der Waals surface area contributed by atoms with Crippen LogP contribution in [0.25, 0.3) is 0 Å². The van der Waals surface area contributed by atoms with Crippen LogP contribution in [0.1, 0.15) is 40.1 Å². The van der Waals surface area contributed by atoms with E-state index in [4.69, 9.17) is 81.2 Å². The van der Waals surface area contributed by atoms with Gasteiger partial charge < -0.3 is 21.3 Å². The Morgan fingerprint density at radius 3 is 1.37 bits per heavy atom. The number of nitrogens with zero attached hydrogens (tertiary/aromatic N) is 4. The average Bonchev–Trinajstić information content (AvgIpc) is 3.22. The van der Waals surface area contributed by atoms with Crippen molar-refractivity contribution >= 4 is 151 Å². The molecule has 21 heteroatoms. The SMILES string of the molecule is CC(=O)C(N=Nc1ccc(Cl)c(C(=O)Nc2cc(Cl)ccc2Cl)c1)C(=O)Nc1ccc(NC(=O)C(N=Nc2ccc(Cl)c(C(=O)Nc3cc(Cl)ccc3Cl)c2)C(C)=O)c(CCl)c1. The van der Waals surface area contributed by atoms with Crippen molar-refractivity contribution in [2.24, 2.45) is 20.5 Å². The fourth-order valence-corrected chi connectivity index (χ4v) is 6.57. The lowest BCUT2D eigenvalue weighted by atomic mass is 10.1. The zero-order valence-corrected chi connectivity index (χ0v) is 37.2. The standard InChI is InChI=1S/C41H29Cl7N8O6/c1-19(57)36(55-53-25-5-10-29(45)27(16-25)38(59)51-34-14-22(43)3-8-31(34)47)40(61)49-24-7-12-33(21(13-24)18-42)50-41(62)37(20(2)58)56-54-26-6-11-30(46)28(17-26)39(60)52-35-15-23(44)4-9-32(35)48/h3-17,36-37H,18H2,1-2H3,(H,49,61)(H,50,62)(H,51,59)(H,52,60). The molecule has 0 saturated heterocycles. The number of amides is 4. The second-order valence-corrected chi connectivity index (χ2v) is 15.7. The van der Waals surface area contributed by atoms with Crippen LogP contribution in [-0.4, -0.2) is 47.3 Å². The molecule has 0 radical (unpaired) electrons. The fraction of sp³-hybridized carbons (Fsp3) is 0.122. The van der Waals surface area contributed by atoms with Gasteiger partial charge in [-0.2, -0.15) is 20.5 Å². The van der Waals surface area contributed by atoms with Crippen molar-refractivity contribution in [3.63, 3.8) is 0 Å². The van der Waals surface area contributed by atoms with Crippen LogP contribution in [0, 0.1) is 0 Å². The van der Waals surface area contributed by atoms with Gasteiger partial charge in [0, 0.05) is 27.3 Å². The first-order valence-electron chi connectivity index (χ1n) is 17.7. The topological polar surface area (TPSA) is 200 Å². The minimum Gasteiger partial charge on any atom is -0.324 e. The van der Waals surface area contributed by atoms with Gasteiger partial charge in [-0.25, -0.2) is 0 Å². The quantitative estimate of drug-likeness (QED) is 0.0457. The zero-order chi connectivity index (χ0) is 45.2. The monoisotopic (exact) mass is 974 g/mol. The van der Waals surface area contributed by atoms with Crippen molar-refractivity contribution in [1.82, 2.24) is 0 Å². The highest BCUT2D eigenvalue weighted by Gasteiger charge is 2.26. The summed E-state index contributed by atoms with van der Waals surface area (Å²) in [6.45, 7) is 2.29. The molecule has 2 unspecified atom stereocenters. The normalized spacial score (nSPS) is 12.1. The van der Waals surface area contributed by atoms with E-state index in [-0.39, 0.29) is 71.2 Å². The van der Waals surface area contributed by atoms with Gasteiger partial charge in [0.1, 0.15) is 0 Å². The number of carbonyl (C=O) groups is 6. The summed E-state index contributed by atoms with van der Waals surface area (Å²) in [5.41, 5.74) is 1.36. The maximum atomic E-state index is 13.3. The molecule has 318 valence electrons. The Morgan fingerprint density at radius 1 is 0.500 bits per heavy atom. The van der Waals surface area contributed by atoms with Crippen molar-refractivity contribution in [2.75, 3.05) is 21.3 Å². The van der Waals surface area contributed by atoms with Gasteiger partial charge in [-0.1, -0.05) is 69.6 Å². The number of carbonyl (C=O) groups excluding carboxylic acids is 6. The molecule has 0 aromatic heterocycles. The van der Waals surface area contributed by atoms with E-state index in [1.165, 1.54) is 78.9 Å².